The molecule has 1 aromatic heterocycles. The third-order valence-electron chi connectivity index (χ3n) is 5.85. The first-order chi connectivity index (χ1) is 15.2. The van der Waals surface area contributed by atoms with Crippen LogP contribution in [-0.4, -0.2) is 42.9 Å². The minimum absolute atomic E-state index is 0.182. The summed E-state index contributed by atoms with van der Waals surface area (Å²) in [5, 5.41) is 12.5. The summed E-state index contributed by atoms with van der Waals surface area (Å²) in [5.74, 6) is 1.52. The van der Waals surface area contributed by atoms with Crippen LogP contribution in [0.2, 0.25) is 0 Å². The molecule has 1 fully saturated rings. The molecule has 31 heavy (non-hydrogen) atoms. The van der Waals surface area contributed by atoms with E-state index in [4.69, 9.17) is 9.47 Å². The van der Waals surface area contributed by atoms with Crippen molar-refractivity contribution in [3.05, 3.63) is 75.6 Å². The van der Waals surface area contributed by atoms with Crippen LogP contribution in [0.3, 0.4) is 0 Å². The number of nitrogens with zero attached hydrogens (tertiary/aromatic N) is 2. The van der Waals surface area contributed by atoms with E-state index in [9.17, 15) is 9.90 Å². The SMILES string of the molecule is O=c1[nH]c(N2CC[NH+](Cc3ccc4c(c3)OCO4)CC2)nc([O-])c1Cc1ccccc1. The lowest BCUT2D eigenvalue weighted by atomic mass is 10.1. The van der Waals surface area contributed by atoms with E-state index < -0.39 is 5.88 Å². The zero-order valence-corrected chi connectivity index (χ0v) is 17.1. The normalized spacial score (nSPS) is 15.9. The van der Waals surface area contributed by atoms with E-state index in [1.54, 1.807) is 0 Å². The van der Waals surface area contributed by atoms with Crippen molar-refractivity contribution in [3.8, 4) is 17.4 Å². The number of anilines is 1. The Labute approximate surface area is 179 Å². The van der Waals surface area contributed by atoms with E-state index >= 15 is 0 Å². The first-order valence-electron chi connectivity index (χ1n) is 10.5. The van der Waals surface area contributed by atoms with Crippen LogP contribution >= 0.6 is 0 Å². The molecule has 160 valence electrons. The molecule has 0 aliphatic carbocycles. The van der Waals surface area contributed by atoms with Crippen molar-refractivity contribution in [2.45, 2.75) is 13.0 Å². The topological polar surface area (TPSA) is 95.0 Å². The van der Waals surface area contributed by atoms with Gasteiger partial charge in [-0.15, -0.1) is 0 Å². The number of quaternary nitrogens is 1. The summed E-state index contributed by atoms with van der Waals surface area (Å²) < 4.78 is 10.8. The largest absolute Gasteiger partial charge is 0.858 e. The van der Waals surface area contributed by atoms with E-state index in [0.29, 0.717) is 5.95 Å². The van der Waals surface area contributed by atoms with Gasteiger partial charge in [-0.25, -0.2) is 4.98 Å². The fraction of sp³-hybridized carbons (Fsp3) is 0.304. The maximum atomic E-state index is 12.6. The lowest BCUT2D eigenvalue weighted by Crippen LogP contribution is -3.13. The van der Waals surface area contributed by atoms with Crippen molar-refractivity contribution in [3.63, 3.8) is 0 Å². The number of ether oxygens (including phenoxy) is 2. The standard InChI is InChI=1S/C23H24N4O4/c28-21-18(12-16-4-2-1-3-5-16)22(29)25-23(24-21)27-10-8-26(9-11-27)14-17-6-7-19-20(13-17)31-15-30-19/h1-7,13H,8-12,14-15H2,(H2,24,25,28,29). The summed E-state index contributed by atoms with van der Waals surface area (Å²) >= 11 is 0. The van der Waals surface area contributed by atoms with Gasteiger partial charge < -0.3 is 24.4 Å². The molecular weight excluding hydrogens is 396 g/mol. The molecule has 2 aliphatic rings. The van der Waals surface area contributed by atoms with Crippen molar-refractivity contribution in [2.75, 3.05) is 37.9 Å². The van der Waals surface area contributed by atoms with Gasteiger partial charge in [-0.3, -0.25) is 9.78 Å². The van der Waals surface area contributed by atoms with E-state index in [1.165, 1.54) is 10.5 Å². The number of aromatic nitrogens is 2. The number of aromatic amines is 1. The van der Waals surface area contributed by atoms with Gasteiger partial charge in [0.15, 0.2) is 11.5 Å². The molecule has 2 N–H and O–H groups in total. The first kappa shape index (κ1) is 19.4. The monoisotopic (exact) mass is 420 g/mol. The van der Waals surface area contributed by atoms with Crippen molar-refractivity contribution in [1.29, 1.82) is 0 Å². The summed E-state index contributed by atoms with van der Waals surface area (Å²) in [6.07, 6.45) is 0.287. The molecule has 0 spiro atoms. The molecule has 0 saturated carbocycles. The van der Waals surface area contributed by atoms with Gasteiger partial charge in [0.2, 0.25) is 12.7 Å². The lowest BCUT2D eigenvalue weighted by Gasteiger charge is -2.33. The van der Waals surface area contributed by atoms with Gasteiger partial charge in [0.25, 0.3) is 5.56 Å². The molecule has 3 heterocycles. The third-order valence-corrected chi connectivity index (χ3v) is 5.85. The second-order valence-corrected chi connectivity index (χ2v) is 7.94. The molecule has 0 amide bonds. The predicted octanol–water partition coefficient (Wildman–Crippen LogP) is 0.0681. The molecule has 3 aromatic rings. The van der Waals surface area contributed by atoms with Crippen molar-refractivity contribution in [2.24, 2.45) is 0 Å². The fourth-order valence-electron chi connectivity index (χ4n) is 4.12. The highest BCUT2D eigenvalue weighted by molar-refractivity contribution is 5.44. The molecule has 8 heteroatoms. The van der Waals surface area contributed by atoms with E-state index in [-0.39, 0.29) is 24.3 Å². The van der Waals surface area contributed by atoms with Crippen molar-refractivity contribution < 1.29 is 19.5 Å². The molecule has 5 rings (SSSR count). The number of fused-ring (bicyclic) bond motifs is 1. The quantitative estimate of drug-likeness (QED) is 0.607. The van der Waals surface area contributed by atoms with Gasteiger partial charge >= 0.3 is 0 Å². The maximum absolute atomic E-state index is 12.6. The average molecular weight is 420 g/mol. The number of hydrogen-bond acceptors (Lipinski definition) is 6. The smallest absolute Gasteiger partial charge is 0.255 e. The Morgan fingerprint density at radius 2 is 1.81 bits per heavy atom. The fourth-order valence-corrected chi connectivity index (χ4v) is 4.12. The minimum Gasteiger partial charge on any atom is -0.858 e. The lowest BCUT2D eigenvalue weighted by molar-refractivity contribution is -0.914. The van der Waals surface area contributed by atoms with Gasteiger partial charge in [-0.2, -0.15) is 0 Å². The Bertz CT molecular complexity index is 1120. The van der Waals surface area contributed by atoms with Crippen LogP contribution in [0.25, 0.3) is 0 Å². The highest BCUT2D eigenvalue weighted by Crippen LogP contribution is 2.32. The Balaban J connectivity index is 1.23. The highest BCUT2D eigenvalue weighted by atomic mass is 16.7. The maximum Gasteiger partial charge on any atom is 0.255 e. The molecular formula is C23H24N4O4. The van der Waals surface area contributed by atoms with Gasteiger partial charge in [-0.1, -0.05) is 30.3 Å². The van der Waals surface area contributed by atoms with E-state index in [1.807, 2.05) is 47.4 Å². The van der Waals surface area contributed by atoms with Gasteiger partial charge in [0, 0.05) is 23.4 Å². The second-order valence-electron chi connectivity index (χ2n) is 7.94. The number of rotatable bonds is 5. The summed E-state index contributed by atoms with van der Waals surface area (Å²) in [4.78, 5) is 23.0. The van der Waals surface area contributed by atoms with Crippen LogP contribution in [0.4, 0.5) is 5.95 Å². The van der Waals surface area contributed by atoms with Gasteiger partial charge in [0.05, 0.1) is 26.2 Å². The number of hydrogen-bond donors (Lipinski definition) is 2. The average Bonchev–Trinajstić information content (AvgIpc) is 3.25. The van der Waals surface area contributed by atoms with Crippen LogP contribution in [-0.2, 0) is 13.0 Å². The van der Waals surface area contributed by atoms with E-state index in [2.05, 4.69) is 16.0 Å². The third kappa shape index (κ3) is 4.20. The number of H-pyrrole nitrogens is 1. The number of nitrogens with one attached hydrogen (secondary N) is 2. The zero-order chi connectivity index (χ0) is 21.2. The Morgan fingerprint density at radius 1 is 1.03 bits per heavy atom. The summed E-state index contributed by atoms with van der Waals surface area (Å²) in [6, 6.07) is 15.5. The molecule has 1 saturated heterocycles. The second kappa shape index (κ2) is 8.31. The highest BCUT2D eigenvalue weighted by Gasteiger charge is 2.23. The van der Waals surface area contributed by atoms with Crippen molar-refractivity contribution in [1.82, 2.24) is 9.97 Å². The molecule has 2 aliphatic heterocycles. The van der Waals surface area contributed by atoms with Crippen LogP contribution in [0.15, 0.2) is 53.3 Å². The Kier molecular flexibility index (Phi) is 5.21. The summed E-state index contributed by atoms with van der Waals surface area (Å²) in [5.41, 5.74) is 1.95. The van der Waals surface area contributed by atoms with Crippen LogP contribution in [0.1, 0.15) is 16.7 Å². The predicted molar refractivity (Wildman–Crippen MR) is 113 cm³/mol. The summed E-state index contributed by atoms with van der Waals surface area (Å²) in [6.45, 7) is 4.38. The molecule has 2 aromatic carbocycles. The van der Waals surface area contributed by atoms with Gasteiger partial charge in [-0.05, 0) is 23.8 Å². The Morgan fingerprint density at radius 3 is 2.58 bits per heavy atom. The van der Waals surface area contributed by atoms with Crippen LogP contribution in [0.5, 0.6) is 17.4 Å². The van der Waals surface area contributed by atoms with E-state index in [0.717, 1.165) is 49.8 Å². The number of piperazine rings is 1. The zero-order valence-electron chi connectivity index (χ0n) is 17.1. The minimum atomic E-state index is -0.447. The van der Waals surface area contributed by atoms with Crippen molar-refractivity contribution >= 4 is 5.95 Å². The summed E-state index contributed by atoms with van der Waals surface area (Å²) in [7, 11) is 0. The Hall–Kier alpha value is -3.52. The first-order valence-corrected chi connectivity index (χ1v) is 10.5. The molecule has 0 unspecified atom stereocenters. The molecule has 0 bridgehead atoms. The molecule has 0 atom stereocenters. The van der Waals surface area contributed by atoms with Crippen LogP contribution < -0.4 is 29.9 Å². The molecule has 0 radical (unpaired) electrons. The molecule has 8 nitrogen and oxygen atoms in total. The van der Waals surface area contributed by atoms with Crippen LogP contribution in [0, 0.1) is 0 Å². The van der Waals surface area contributed by atoms with Gasteiger partial charge in [0.1, 0.15) is 6.54 Å². The number of benzene rings is 2.